The number of primary amides is 1. The first-order valence-electron chi connectivity index (χ1n) is 11.7. The molecule has 0 aromatic rings. The lowest BCUT2D eigenvalue weighted by Crippen LogP contribution is -2.57. The number of carboxylic acid groups (broad SMARTS) is 1. The zero-order valence-corrected chi connectivity index (χ0v) is 19.5. The zero-order valence-electron chi connectivity index (χ0n) is 19.5. The lowest BCUT2D eigenvalue weighted by molar-refractivity contribution is -0.146. The molecule has 1 fully saturated rings. The molecule has 34 heavy (non-hydrogen) atoms. The highest BCUT2D eigenvalue weighted by molar-refractivity contribution is 5.95. The molecule has 1 rings (SSSR count). The van der Waals surface area contributed by atoms with E-state index in [1.54, 1.807) is 0 Å². The molecule has 13 heteroatoms. The van der Waals surface area contributed by atoms with Crippen LogP contribution in [0.3, 0.4) is 0 Å². The molecule has 11 N–H and O–H groups in total. The molecule has 1 heterocycles. The van der Waals surface area contributed by atoms with Crippen LogP contribution >= 0.6 is 0 Å². The van der Waals surface area contributed by atoms with E-state index >= 15 is 0 Å². The van der Waals surface area contributed by atoms with E-state index in [-0.39, 0.29) is 6.54 Å². The second-order valence-electron chi connectivity index (χ2n) is 8.50. The normalized spacial score (nSPS) is 18.1. The Labute approximate surface area is 199 Å². The van der Waals surface area contributed by atoms with Crippen LogP contribution in [0, 0.1) is 0 Å². The Bertz CT molecular complexity index is 720. The third-order valence-electron chi connectivity index (χ3n) is 5.73. The van der Waals surface area contributed by atoms with Gasteiger partial charge in [-0.25, -0.2) is 4.79 Å². The van der Waals surface area contributed by atoms with Gasteiger partial charge in [0, 0.05) is 6.54 Å². The summed E-state index contributed by atoms with van der Waals surface area (Å²) < 4.78 is 0. The van der Waals surface area contributed by atoms with Crippen LogP contribution in [-0.2, 0) is 24.0 Å². The maximum Gasteiger partial charge on any atom is 0.326 e. The summed E-state index contributed by atoms with van der Waals surface area (Å²) in [4.78, 5) is 62.5. The van der Waals surface area contributed by atoms with Gasteiger partial charge in [0.05, 0.1) is 12.5 Å². The summed E-state index contributed by atoms with van der Waals surface area (Å²) in [6, 6.07) is -4.10. The van der Waals surface area contributed by atoms with Gasteiger partial charge < -0.3 is 43.6 Å². The number of carboxylic acids is 1. The molecule has 0 aromatic heterocycles. The molecule has 0 saturated carbocycles. The Balaban J connectivity index is 2.90. The van der Waals surface area contributed by atoms with E-state index in [0.29, 0.717) is 58.0 Å². The lowest BCUT2D eigenvalue weighted by Gasteiger charge is -2.30. The highest BCUT2D eigenvalue weighted by Gasteiger charge is 2.39. The summed E-state index contributed by atoms with van der Waals surface area (Å²) in [5, 5.41) is 14.2. The van der Waals surface area contributed by atoms with Crippen LogP contribution in [0.25, 0.3) is 0 Å². The fraction of sp³-hybridized carbons (Fsp3) is 0.762. The smallest absolute Gasteiger partial charge is 0.326 e. The number of likely N-dealkylation sites (tertiary alicyclic amines) is 1. The van der Waals surface area contributed by atoms with Crippen molar-refractivity contribution < 1.29 is 29.1 Å². The first-order valence-corrected chi connectivity index (χ1v) is 11.7. The molecular weight excluding hydrogens is 446 g/mol. The largest absolute Gasteiger partial charge is 0.480 e. The van der Waals surface area contributed by atoms with Crippen molar-refractivity contribution in [3.05, 3.63) is 0 Å². The number of unbranched alkanes of at least 4 members (excludes halogenated alkanes) is 2. The molecule has 0 aliphatic carbocycles. The van der Waals surface area contributed by atoms with Gasteiger partial charge >= 0.3 is 5.97 Å². The topological polar surface area (TPSA) is 237 Å². The summed E-state index contributed by atoms with van der Waals surface area (Å²) in [6.45, 7) is 1.20. The van der Waals surface area contributed by atoms with Crippen molar-refractivity contribution in [1.29, 1.82) is 0 Å². The number of hydrogen-bond acceptors (Lipinski definition) is 8. The summed E-state index contributed by atoms with van der Waals surface area (Å²) in [6.07, 6.45) is 3.68. The van der Waals surface area contributed by atoms with E-state index in [2.05, 4.69) is 10.6 Å². The quantitative estimate of drug-likeness (QED) is 0.114. The molecule has 0 aromatic carbocycles. The van der Waals surface area contributed by atoms with Crippen LogP contribution in [0.4, 0.5) is 0 Å². The molecule has 0 spiro atoms. The average molecular weight is 486 g/mol. The molecule has 4 atom stereocenters. The Kier molecular flexibility index (Phi) is 13.1. The highest BCUT2D eigenvalue weighted by Crippen LogP contribution is 2.20. The minimum Gasteiger partial charge on any atom is -0.480 e. The number of aliphatic carboxylic acids is 1. The Hall–Kier alpha value is -2.77. The Morgan fingerprint density at radius 3 is 2.12 bits per heavy atom. The van der Waals surface area contributed by atoms with Crippen molar-refractivity contribution in [2.24, 2.45) is 22.9 Å². The number of nitrogens with two attached hydrogens (primary N) is 4. The Morgan fingerprint density at radius 1 is 0.941 bits per heavy atom. The molecule has 0 radical (unpaired) electrons. The van der Waals surface area contributed by atoms with E-state index < -0.39 is 60.2 Å². The first-order chi connectivity index (χ1) is 16.1. The van der Waals surface area contributed by atoms with E-state index in [0.717, 1.165) is 6.42 Å². The van der Waals surface area contributed by atoms with Crippen LogP contribution < -0.4 is 33.6 Å². The van der Waals surface area contributed by atoms with E-state index in [9.17, 15) is 29.1 Å². The Morgan fingerprint density at radius 2 is 1.56 bits per heavy atom. The SMILES string of the molecule is NCCCCC(N)C(=O)NC(CCCCN)C(=O)N1CCCC1C(=O)NC(CC(N)=O)C(=O)O. The number of carbonyl (C=O) groups excluding carboxylic acids is 4. The summed E-state index contributed by atoms with van der Waals surface area (Å²) in [5.74, 6) is -3.88. The van der Waals surface area contributed by atoms with Crippen molar-refractivity contribution in [3.63, 3.8) is 0 Å². The van der Waals surface area contributed by atoms with Crippen LogP contribution in [0.5, 0.6) is 0 Å². The predicted molar refractivity (Wildman–Crippen MR) is 124 cm³/mol. The zero-order chi connectivity index (χ0) is 25.7. The van der Waals surface area contributed by atoms with Crippen molar-refractivity contribution in [2.45, 2.75) is 82.0 Å². The average Bonchev–Trinajstić information content (AvgIpc) is 3.27. The van der Waals surface area contributed by atoms with Crippen molar-refractivity contribution in [3.8, 4) is 0 Å². The van der Waals surface area contributed by atoms with Gasteiger partial charge in [-0.3, -0.25) is 19.2 Å². The summed E-state index contributed by atoms with van der Waals surface area (Å²) >= 11 is 0. The van der Waals surface area contributed by atoms with E-state index in [1.165, 1.54) is 4.90 Å². The van der Waals surface area contributed by atoms with Gasteiger partial charge in [0.15, 0.2) is 0 Å². The number of nitrogens with one attached hydrogen (secondary N) is 2. The van der Waals surface area contributed by atoms with Gasteiger partial charge in [-0.15, -0.1) is 0 Å². The lowest BCUT2D eigenvalue weighted by atomic mass is 10.0. The molecule has 1 aliphatic heterocycles. The molecule has 0 bridgehead atoms. The van der Waals surface area contributed by atoms with Gasteiger partial charge in [-0.05, 0) is 58.0 Å². The summed E-state index contributed by atoms with van der Waals surface area (Å²) in [7, 11) is 0. The molecule has 4 amide bonds. The molecular formula is C21H39N7O6. The second kappa shape index (κ2) is 15.2. The fourth-order valence-electron chi connectivity index (χ4n) is 3.84. The van der Waals surface area contributed by atoms with Crippen molar-refractivity contribution >= 4 is 29.6 Å². The predicted octanol–water partition coefficient (Wildman–Crippen LogP) is -2.51. The van der Waals surface area contributed by atoms with Crippen LogP contribution in [0.1, 0.15) is 57.8 Å². The number of nitrogens with zero attached hydrogens (tertiary/aromatic N) is 1. The van der Waals surface area contributed by atoms with Gasteiger partial charge in [0.25, 0.3) is 0 Å². The molecule has 1 aliphatic rings. The van der Waals surface area contributed by atoms with E-state index in [4.69, 9.17) is 22.9 Å². The highest BCUT2D eigenvalue weighted by atomic mass is 16.4. The molecule has 4 unspecified atom stereocenters. The maximum absolute atomic E-state index is 13.3. The second-order valence-corrected chi connectivity index (χ2v) is 8.50. The maximum atomic E-state index is 13.3. The molecule has 1 saturated heterocycles. The van der Waals surface area contributed by atoms with Crippen molar-refractivity contribution in [2.75, 3.05) is 19.6 Å². The summed E-state index contributed by atoms with van der Waals surface area (Å²) in [5.41, 5.74) is 22.0. The van der Waals surface area contributed by atoms with Crippen LogP contribution in [0.15, 0.2) is 0 Å². The molecule has 13 nitrogen and oxygen atoms in total. The number of rotatable bonds is 16. The van der Waals surface area contributed by atoms with Gasteiger partial charge in [-0.2, -0.15) is 0 Å². The van der Waals surface area contributed by atoms with E-state index in [1.807, 2.05) is 0 Å². The van der Waals surface area contributed by atoms with Gasteiger partial charge in [0.1, 0.15) is 18.1 Å². The third kappa shape index (κ3) is 9.61. The number of hydrogen-bond donors (Lipinski definition) is 7. The van der Waals surface area contributed by atoms with Gasteiger partial charge in [-0.1, -0.05) is 6.42 Å². The third-order valence-corrected chi connectivity index (χ3v) is 5.73. The number of amides is 4. The van der Waals surface area contributed by atoms with Gasteiger partial charge in [0.2, 0.25) is 23.6 Å². The minimum absolute atomic E-state index is 0.274. The first kappa shape index (κ1) is 29.3. The number of carbonyl (C=O) groups is 5. The van der Waals surface area contributed by atoms with Crippen LogP contribution in [0.2, 0.25) is 0 Å². The molecule has 194 valence electrons. The monoisotopic (exact) mass is 485 g/mol. The fourth-order valence-corrected chi connectivity index (χ4v) is 3.84. The van der Waals surface area contributed by atoms with Crippen LogP contribution in [-0.4, -0.2) is 83.4 Å². The van der Waals surface area contributed by atoms with Crippen molar-refractivity contribution in [1.82, 2.24) is 15.5 Å². The standard InChI is InChI=1S/C21H39N7O6/c22-9-3-1-6-13(24)18(30)26-14(7-2-4-10-23)20(32)28-11-5-8-16(28)19(31)27-15(21(33)34)12-17(25)29/h13-16H,1-12,22-24H2,(H2,25,29)(H,26,30)(H,27,31)(H,33,34). The minimum atomic E-state index is -1.49.